The zero-order valence-electron chi connectivity index (χ0n) is 5.49. The molecule has 0 aromatic heterocycles. The molecule has 1 rings (SSSR count). The van der Waals surface area contributed by atoms with Gasteiger partial charge < -0.3 is 5.73 Å². The first kappa shape index (κ1) is 9.80. The van der Waals surface area contributed by atoms with E-state index in [-0.39, 0.29) is 6.04 Å². The summed E-state index contributed by atoms with van der Waals surface area (Å²) in [5.41, 5.74) is 4.99. The molecule has 0 aromatic rings. The Balaban J connectivity index is 0.000000162. The van der Waals surface area contributed by atoms with Crippen LogP contribution in [0.15, 0.2) is 0 Å². The van der Waals surface area contributed by atoms with Gasteiger partial charge in [-0.15, -0.1) is 0 Å². The summed E-state index contributed by atoms with van der Waals surface area (Å²) in [4.78, 5) is 0. The van der Waals surface area contributed by atoms with Crippen molar-refractivity contribution in [3.63, 3.8) is 0 Å². The molecule has 6 heteroatoms. The highest BCUT2D eigenvalue weighted by Gasteiger charge is 2.32. The second-order valence-corrected chi connectivity index (χ2v) is 3.61. The van der Waals surface area contributed by atoms with Gasteiger partial charge in [-0.3, -0.25) is 4.55 Å². The maximum Gasteiger partial charge on any atom is 0.261 e. The normalized spacial score (nSPS) is 30.4. The van der Waals surface area contributed by atoms with Crippen LogP contribution in [-0.2, 0) is 10.1 Å². The van der Waals surface area contributed by atoms with Crippen LogP contribution in [0.25, 0.3) is 0 Å². The lowest BCUT2D eigenvalue weighted by atomic mass is 10.8. The average Bonchev–Trinajstić information content (AvgIpc) is 2.12. The summed E-state index contributed by atoms with van der Waals surface area (Å²) in [6.07, 6.45) is 0.627. The van der Waals surface area contributed by atoms with Gasteiger partial charge in [0.25, 0.3) is 10.1 Å². The monoisotopic (exact) mass is 171 g/mol. The fraction of sp³-hybridized carbons (Fsp3) is 1.00. The standard InChI is InChI=1S/C3H6FN.CH4O3S/c4-2-1-3(2)5;1-5(2,3)4/h2-3H,1,5H2;1H3,(H,2,3,4). The van der Waals surface area contributed by atoms with Gasteiger partial charge in [-0.25, -0.2) is 4.39 Å². The van der Waals surface area contributed by atoms with Crippen LogP contribution < -0.4 is 5.73 Å². The highest BCUT2D eigenvalue weighted by atomic mass is 32.2. The summed E-state index contributed by atoms with van der Waals surface area (Å²) in [5, 5.41) is 0. The molecule has 0 bridgehead atoms. The van der Waals surface area contributed by atoms with Crippen LogP contribution in [0.1, 0.15) is 6.42 Å². The summed E-state index contributed by atoms with van der Waals surface area (Å²) in [6, 6.07) is -0.116. The largest absolute Gasteiger partial charge is 0.325 e. The Morgan fingerprint density at radius 2 is 1.80 bits per heavy atom. The molecule has 10 heavy (non-hydrogen) atoms. The van der Waals surface area contributed by atoms with E-state index in [1.807, 2.05) is 0 Å². The lowest BCUT2D eigenvalue weighted by molar-refractivity contribution is 0.467. The van der Waals surface area contributed by atoms with Gasteiger partial charge >= 0.3 is 0 Å². The van der Waals surface area contributed by atoms with Gasteiger partial charge in [0.1, 0.15) is 6.17 Å². The van der Waals surface area contributed by atoms with Crippen LogP contribution in [0.5, 0.6) is 0 Å². The molecule has 0 aromatic carbocycles. The number of halogens is 1. The average molecular weight is 171 g/mol. The number of nitrogens with two attached hydrogens (primary N) is 1. The van der Waals surface area contributed by atoms with E-state index in [2.05, 4.69) is 0 Å². The molecule has 0 heterocycles. The van der Waals surface area contributed by atoms with Crippen molar-refractivity contribution in [2.24, 2.45) is 5.73 Å². The van der Waals surface area contributed by atoms with Crippen molar-refractivity contribution in [3.8, 4) is 0 Å². The predicted octanol–water partition coefficient (Wildman–Crippen LogP) is -0.440. The second-order valence-electron chi connectivity index (χ2n) is 2.15. The smallest absolute Gasteiger partial charge is 0.261 e. The molecule has 1 aliphatic carbocycles. The molecule has 0 spiro atoms. The van der Waals surface area contributed by atoms with Crippen LogP contribution >= 0.6 is 0 Å². The summed E-state index contributed by atoms with van der Waals surface area (Å²) < 4.78 is 37.2. The fourth-order valence-corrected chi connectivity index (χ4v) is 0.181. The summed E-state index contributed by atoms with van der Waals surface area (Å²) in [6.45, 7) is 0. The van der Waals surface area contributed by atoms with E-state index >= 15 is 0 Å². The van der Waals surface area contributed by atoms with Gasteiger partial charge in [-0.2, -0.15) is 8.42 Å². The summed E-state index contributed by atoms with van der Waals surface area (Å²) in [5.74, 6) is 0. The van der Waals surface area contributed by atoms with Crippen molar-refractivity contribution in [3.05, 3.63) is 0 Å². The van der Waals surface area contributed by atoms with E-state index < -0.39 is 16.3 Å². The lowest BCUT2D eigenvalue weighted by Crippen LogP contribution is -2.00. The van der Waals surface area contributed by atoms with Gasteiger partial charge in [0, 0.05) is 6.04 Å². The van der Waals surface area contributed by atoms with E-state index in [1.165, 1.54) is 0 Å². The summed E-state index contributed by atoms with van der Waals surface area (Å²) in [7, 11) is -3.67. The molecule has 0 amide bonds. The topological polar surface area (TPSA) is 80.4 Å². The van der Waals surface area contributed by atoms with Crippen molar-refractivity contribution in [1.82, 2.24) is 0 Å². The molecule has 0 aliphatic heterocycles. The van der Waals surface area contributed by atoms with Crippen molar-refractivity contribution in [2.75, 3.05) is 6.26 Å². The third-order valence-corrected chi connectivity index (χ3v) is 0.759. The SMILES string of the molecule is CS(=O)(=O)O.NC1CC1F. The molecule has 3 N–H and O–H groups in total. The molecule has 2 unspecified atom stereocenters. The number of hydrogen-bond acceptors (Lipinski definition) is 3. The van der Waals surface area contributed by atoms with Crippen LogP contribution in [0, 0.1) is 0 Å². The molecule has 2 atom stereocenters. The molecule has 4 nitrogen and oxygen atoms in total. The first-order valence-electron chi connectivity index (χ1n) is 2.63. The van der Waals surface area contributed by atoms with Crippen LogP contribution in [0.2, 0.25) is 0 Å². The van der Waals surface area contributed by atoms with Gasteiger partial charge in [0.15, 0.2) is 0 Å². The van der Waals surface area contributed by atoms with Crippen molar-refractivity contribution in [1.29, 1.82) is 0 Å². The Bertz CT molecular complexity index is 177. The minimum atomic E-state index is -3.67. The van der Waals surface area contributed by atoms with E-state index in [0.717, 1.165) is 0 Å². The Labute approximate surface area is 59.0 Å². The van der Waals surface area contributed by atoms with E-state index in [4.69, 9.17) is 10.3 Å². The molecular weight excluding hydrogens is 161 g/mol. The highest BCUT2D eigenvalue weighted by Crippen LogP contribution is 2.21. The predicted molar refractivity (Wildman–Crippen MR) is 35.0 cm³/mol. The zero-order chi connectivity index (χ0) is 8.36. The zero-order valence-corrected chi connectivity index (χ0v) is 6.31. The van der Waals surface area contributed by atoms with Gasteiger partial charge in [0.2, 0.25) is 0 Å². The third-order valence-electron chi connectivity index (χ3n) is 0.759. The Morgan fingerprint density at radius 1 is 1.70 bits per heavy atom. The van der Waals surface area contributed by atoms with Gasteiger partial charge in [0.05, 0.1) is 6.26 Å². The Hall–Kier alpha value is -0.200. The maximum atomic E-state index is 11.4. The third kappa shape index (κ3) is 10.7. The minimum absolute atomic E-state index is 0.116. The highest BCUT2D eigenvalue weighted by molar-refractivity contribution is 7.85. The first-order chi connectivity index (χ1) is 4.30. The van der Waals surface area contributed by atoms with E-state index in [0.29, 0.717) is 12.7 Å². The van der Waals surface area contributed by atoms with Crippen LogP contribution in [-0.4, -0.2) is 31.4 Å². The molecule has 0 radical (unpaired) electrons. The maximum absolute atomic E-state index is 11.4. The second kappa shape index (κ2) is 3.27. The molecule has 62 valence electrons. The number of rotatable bonds is 0. The van der Waals surface area contributed by atoms with Crippen LogP contribution in [0.3, 0.4) is 0 Å². The summed E-state index contributed by atoms with van der Waals surface area (Å²) >= 11 is 0. The van der Waals surface area contributed by atoms with Crippen molar-refractivity contribution >= 4 is 10.1 Å². The van der Waals surface area contributed by atoms with E-state index in [1.54, 1.807) is 0 Å². The molecule has 0 saturated heterocycles. The van der Waals surface area contributed by atoms with Crippen molar-refractivity contribution < 1.29 is 17.4 Å². The van der Waals surface area contributed by atoms with Crippen LogP contribution in [0.4, 0.5) is 4.39 Å². The quantitative estimate of drug-likeness (QED) is 0.484. The molecule has 1 aliphatic rings. The minimum Gasteiger partial charge on any atom is -0.325 e. The van der Waals surface area contributed by atoms with Gasteiger partial charge in [-0.05, 0) is 6.42 Å². The molecule has 1 fully saturated rings. The molecule has 1 saturated carbocycles. The Kier molecular flexibility index (Phi) is 3.20. The number of alkyl halides is 1. The lowest BCUT2D eigenvalue weighted by Gasteiger charge is -1.69. The fourth-order valence-electron chi connectivity index (χ4n) is 0.181. The van der Waals surface area contributed by atoms with Gasteiger partial charge in [-0.1, -0.05) is 0 Å². The molecular formula is C4H10FNO3S. The van der Waals surface area contributed by atoms with E-state index in [9.17, 15) is 12.8 Å². The first-order valence-corrected chi connectivity index (χ1v) is 4.47. The Morgan fingerprint density at radius 3 is 1.80 bits per heavy atom. The number of hydrogen-bond donors (Lipinski definition) is 2. The van der Waals surface area contributed by atoms with Crippen molar-refractivity contribution in [2.45, 2.75) is 18.6 Å².